The summed E-state index contributed by atoms with van der Waals surface area (Å²) in [6.45, 7) is 1.12. The monoisotopic (exact) mass is 439 g/mol. The number of Topliss-reactive ketones (excluding diaryl/α,β-unsaturated/α-hetero) is 1. The van der Waals surface area contributed by atoms with Gasteiger partial charge in [-0.2, -0.15) is 4.39 Å². The Bertz CT molecular complexity index is 1170. The highest BCUT2D eigenvalue weighted by molar-refractivity contribution is 5.98. The minimum atomic E-state index is -0.490. The number of aromatic amines is 1. The first-order valence-corrected chi connectivity index (χ1v) is 10.8. The number of aryl methyl sites for hydroxylation is 1. The van der Waals surface area contributed by atoms with Crippen molar-refractivity contribution in [1.29, 1.82) is 0 Å². The van der Waals surface area contributed by atoms with Crippen molar-refractivity contribution in [1.82, 2.24) is 14.3 Å². The van der Waals surface area contributed by atoms with Gasteiger partial charge in [-0.3, -0.25) is 18.8 Å². The number of carbonyl (C=O) groups is 2. The first kappa shape index (κ1) is 21.8. The van der Waals surface area contributed by atoms with Crippen LogP contribution in [0.1, 0.15) is 41.7 Å². The highest BCUT2D eigenvalue weighted by Crippen LogP contribution is 2.23. The highest BCUT2D eigenvalue weighted by atomic mass is 19.1. The number of likely N-dealkylation sites (tertiary alicyclic amines) is 1. The molecule has 1 aliphatic heterocycles. The molecule has 1 saturated heterocycles. The number of ether oxygens (including phenoxy) is 1. The van der Waals surface area contributed by atoms with Gasteiger partial charge >= 0.3 is 0 Å². The molecule has 8 heteroatoms. The number of amides is 1. The molecule has 1 N–H and O–H groups in total. The van der Waals surface area contributed by atoms with Crippen LogP contribution in [0.2, 0.25) is 0 Å². The predicted octanol–water partition coefficient (Wildman–Crippen LogP) is 3.22. The van der Waals surface area contributed by atoms with E-state index in [1.807, 2.05) is 0 Å². The molecule has 0 aliphatic carbocycles. The number of H-pyrrole nitrogens is 1. The Hall–Kier alpha value is -3.42. The van der Waals surface area contributed by atoms with Crippen LogP contribution in [0.25, 0.3) is 5.52 Å². The third kappa shape index (κ3) is 4.59. The summed E-state index contributed by atoms with van der Waals surface area (Å²) in [5.74, 6) is 0.285. The molecule has 0 atom stereocenters. The minimum absolute atomic E-state index is 0.0379. The molecule has 32 heavy (non-hydrogen) atoms. The van der Waals surface area contributed by atoms with Gasteiger partial charge in [0, 0.05) is 42.9 Å². The van der Waals surface area contributed by atoms with Gasteiger partial charge in [0.25, 0.3) is 5.56 Å². The summed E-state index contributed by atoms with van der Waals surface area (Å²) in [5, 5.41) is 0. The number of ketones is 1. The zero-order chi connectivity index (χ0) is 22.7. The van der Waals surface area contributed by atoms with E-state index >= 15 is 0 Å². The lowest BCUT2D eigenvalue weighted by molar-refractivity contribution is -0.132. The smallest absolute Gasteiger partial charge is 0.272 e. The lowest BCUT2D eigenvalue weighted by Gasteiger charge is -2.31. The first-order chi connectivity index (χ1) is 15.5. The third-order valence-electron chi connectivity index (χ3n) is 6.09. The number of carbonyl (C=O) groups excluding carboxylic acids is 2. The van der Waals surface area contributed by atoms with Crippen molar-refractivity contribution in [2.45, 2.75) is 32.1 Å². The first-order valence-electron chi connectivity index (χ1n) is 10.8. The van der Waals surface area contributed by atoms with Crippen molar-refractivity contribution in [3.05, 3.63) is 70.2 Å². The molecule has 1 aromatic carbocycles. The second-order valence-electron chi connectivity index (χ2n) is 8.12. The summed E-state index contributed by atoms with van der Waals surface area (Å²) in [6, 6.07) is 9.80. The molecule has 7 nitrogen and oxygen atoms in total. The van der Waals surface area contributed by atoms with E-state index in [4.69, 9.17) is 4.74 Å². The summed E-state index contributed by atoms with van der Waals surface area (Å²) >= 11 is 0. The van der Waals surface area contributed by atoms with Crippen LogP contribution in [0.15, 0.2) is 47.4 Å². The number of piperidine rings is 1. The fraction of sp³-hybridized carbons (Fsp3) is 0.375. The number of hydrogen-bond donors (Lipinski definition) is 1. The fourth-order valence-corrected chi connectivity index (χ4v) is 4.23. The number of nitrogens with one attached hydrogen (secondary N) is 1. The van der Waals surface area contributed by atoms with Gasteiger partial charge in [0.2, 0.25) is 5.91 Å². The Kier molecular flexibility index (Phi) is 6.39. The van der Waals surface area contributed by atoms with E-state index in [1.54, 1.807) is 42.5 Å². The van der Waals surface area contributed by atoms with Gasteiger partial charge in [-0.25, -0.2) is 0 Å². The van der Waals surface area contributed by atoms with Gasteiger partial charge in [-0.05, 0) is 62.1 Å². The maximum atomic E-state index is 13.8. The average molecular weight is 439 g/mol. The van der Waals surface area contributed by atoms with E-state index in [0.717, 1.165) is 0 Å². The van der Waals surface area contributed by atoms with Gasteiger partial charge in [0.15, 0.2) is 11.7 Å². The highest BCUT2D eigenvalue weighted by Gasteiger charge is 2.27. The predicted molar refractivity (Wildman–Crippen MR) is 118 cm³/mol. The van der Waals surface area contributed by atoms with E-state index in [1.165, 1.54) is 16.5 Å². The Morgan fingerprint density at radius 3 is 2.53 bits per heavy atom. The van der Waals surface area contributed by atoms with E-state index in [9.17, 15) is 18.8 Å². The second kappa shape index (κ2) is 9.38. The minimum Gasteiger partial charge on any atom is -0.497 e. The quantitative estimate of drug-likeness (QED) is 0.573. The van der Waals surface area contributed by atoms with Crippen LogP contribution < -0.4 is 10.3 Å². The lowest BCUT2D eigenvalue weighted by Crippen LogP contribution is -2.40. The molecule has 0 bridgehead atoms. The van der Waals surface area contributed by atoms with Crippen LogP contribution in [0, 0.1) is 11.9 Å². The molecule has 0 saturated carbocycles. The molecule has 0 unspecified atom stereocenters. The molecule has 168 valence electrons. The van der Waals surface area contributed by atoms with Gasteiger partial charge in [0.1, 0.15) is 11.3 Å². The summed E-state index contributed by atoms with van der Waals surface area (Å²) in [4.78, 5) is 41.9. The largest absolute Gasteiger partial charge is 0.497 e. The summed E-state index contributed by atoms with van der Waals surface area (Å²) in [5.41, 5.74) is 1.17. The number of benzene rings is 1. The number of hydrogen-bond acceptors (Lipinski definition) is 4. The van der Waals surface area contributed by atoms with Gasteiger partial charge < -0.3 is 14.6 Å². The number of halogens is 1. The van der Waals surface area contributed by atoms with E-state index in [2.05, 4.69) is 4.98 Å². The molecule has 4 rings (SSSR count). The molecule has 1 amide bonds. The zero-order valence-corrected chi connectivity index (χ0v) is 18.0. The van der Waals surface area contributed by atoms with Crippen LogP contribution in [-0.2, 0) is 11.2 Å². The number of aromatic nitrogens is 2. The van der Waals surface area contributed by atoms with Crippen molar-refractivity contribution in [3.8, 4) is 5.75 Å². The fourth-order valence-electron chi connectivity index (χ4n) is 4.23. The molecule has 3 aromatic rings. The van der Waals surface area contributed by atoms with E-state index < -0.39 is 5.95 Å². The average Bonchev–Trinajstić information content (AvgIpc) is 3.20. The Balaban J connectivity index is 1.26. The molecular weight excluding hydrogens is 413 g/mol. The summed E-state index contributed by atoms with van der Waals surface area (Å²) in [6.07, 6.45) is 4.22. The summed E-state index contributed by atoms with van der Waals surface area (Å²) in [7, 11) is 1.59. The van der Waals surface area contributed by atoms with Crippen LogP contribution >= 0.6 is 0 Å². The van der Waals surface area contributed by atoms with Crippen LogP contribution in [0.3, 0.4) is 0 Å². The van der Waals surface area contributed by atoms with Crippen LogP contribution in [-0.4, -0.2) is 46.2 Å². The number of fused-ring (bicyclic) bond motifs is 1. The Labute approximate surface area is 184 Å². The zero-order valence-electron chi connectivity index (χ0n) is 18.0. The van der Waals surface area contributed by atoms with Crippen LogP contribution in [0.5, 0.6) is 5.75 Å². The van der Waals surface area contributed by atoms with Crippen molar-refractivity contribution in [3.63, 3.8) is 0 Å². The van der Waals surface area contributed by atoms with Crippen molar-refractivity contribution < 1.29 is 18.7 Å². The molecule has 1 aliphatic rings. The maximum Gasteiger partial charge on any atom is 0.272 e. The molecule has 0 radical (unpaired) electrons. The maximum absolute atomic E-state index is 13.8. The van der Waals surface area contributed by atoms with Crippen molar-refractivity contribution in [2.24, 2.45) is 5.92 Å². The van der Waals surface area contributed by atoms with Gasteiger partial charge in [-0.15, -0.1) is 0 Å². The van der Waals surface area contributed by atoms with Gasteiger partial charge in [0.05, 0.1) is 7.11 Å². The molecule has 2 aromatic heterocycles. The Morgan fingerprint density at radius 2 is 1.84 bits per heavy atom. The molecular formula is C24H26FN3O4. The molecule has 3 heterocycles. The van der Waals surface area contributed by atoms with Crippen LogP contribution in [0.4, 0.5) is 4.39 Å². The number of rotatable bonds is 7. The lowest BCUT2D eigenvalue weighted by atomic mass is 9.88. The summed E-state index contributed by atoms with van der Waals surface area (Å²) < 4.78 is 20.1. The molecule has 0 spiro atoms. The topological polar surface area (TPSA) is 83.9 Å². The van der Waals surface area contributed by atoms with E-state index in [-0.39, 0.29) is 28.7 Å². The second-order valence-corrected chi connectivity index (χ2v) is 8.12. The van der Waals surface area contributed by atoms with Crippen molar-refractivity contribution >= 4 is 17.2 Å². The number of nitrogens with zero attached hydrogens (tertiary/aromatic N) is 2. The van der Waals surface area contributed by atoms with E-state index in [0.29, 0.717) is 62.2 Å². The standard InChI is InChI=1S/C24H26FN3O4/c1-32-19-7-5-16(6-8-19)23(30)17-11-13-27(14-12-17)22(29)4-2-3-18-15-28-20(24(31)26-18)9-10-21(28)25/h5-10,15,17H,2-4,11-14H2,1H3,(H,26,31). The SMILES string of the molecule is COc1ccc(C(=O)C2CCN(C(=O)CCCc3cn4c(F)ccc4c(=O)[nH]3)CC2)cc1. The molecule has 1 fully saturated rings. The Morgan fingerprint density at radius 1 is 1.12 bits per heavy atom. The normalized spacial score (nSPS) is 14.6. The number of methoxy groups -OCH3 is 1. The van der Waals surface area contributed by atoms with Crippen molar-refractivity contribution in [2.75, 3.05) is 20.2 Å². The third-order valence-corrected chi connectivity index (χ3v) is 6.09. The van der Waals surface area contributed by atoms with Gasteiger partial charge in [-0.1, -0.05) is 0 Å².